The normalized spacial score (nSPS) is 11.9. The van der Waals surface area contributed by atoms with Gasteiger partial charge in [-0.15, -0.1) is 11.3 Å². The van der Waals surface area contributed by atoms with Gasteiger partial charge >= 0.3 is 0 Å². The average Bonchev–Trinajstić information content (AvgIpc) is 3.72. The van der Waals surface area contributed by atoms with Crippen LogP contribution in [0.15, 0.2) is 162 Å². The molecule has 0 amide bonds. The Labute approximate surface area is 269 Å². The number of hydrogen-bond acceptors (Lipinski definition) is 2. The molecule has 0 aliphatic carbocycles. The van der Waals surface area contributed by atoms with Crippen molar-refractivity contribution in [2.75, 3.05) is 0 Å². The lowest BCUT2D eigenvalue weighted by atomic mass is 9.86. The zero-order chi connectivity index (χ0) is 30.2. The fourth-order valence-corrected chi connectivity index (χ4v) is 8.65. The molecule has 2 heterocycles. The number of rotatable bonds is 3. The highest BCUT2D eigenvalue weighted by molar-refractivity contribution is 7.26. The molecule has 10 rings (SSSR count). The van der Waals surface area contributed by atoms with Gasteiger partial charge < -0.3 is 4.42 Å². The Morgan fingerprint density at radius 2 is 0.978 bits per heavy atom. The van der Waals surface area contributed by atoms with Crippen molar-refractivity contribution in [3.8, 4) is 33.4 Å². The quantitative estimate of drug-likeness (QED) is 0.183. The van der Waals surface area contributed by atoms with Crippen LogP contribution in [0.25, 0.3) is 96.8 Å². The monoisotopic (exact) mass is 602 g/mol. The lowest BCUT2D eigenvalue weighted by Crippen LogP contribution is -1.90. The van der Waals surface area contributed by atoms with E-state index in [0.717, 1.165) is 16.5 Å². The molecule has 0 bridgehead atoms. The fourth-order valence-electron chi connectivity index (χ4n) is 7.42. The molecule has 10 aromatic rings. The molecule has 8 aromatic carbocycles. The lowest BCUT2D eigenvalue weighted by molar-refractivity contribution is 0.621. The first-order valence-corrected chi connectivity index (χ1v) is 16.5. The summed E-state index contributed by atoms with van der Waals surface area (Å²) in [6.07, 6.45) is 1.93. The highest BCUT2D eigenvalue weighted by atomic mass is 32.1. The van der Waals surface area contributed by atoms with E-state index < -0.39 is 0 Å². The second kappa shape index (κ2) is 9.90. The first-order valence-electron chi connectivity index (χ1n) is 15.7. The Balaban J connectivity index is 1.18. The minimum absolute atomic E-state index is 0.964. The maximum absolute atomic E-state index is 6.35. The molecule has 0 aliphatic heterocycles. The van der Waals surface area contributed by atoms with Gasteiger partial charge in [-0.2, -0.15) is 0 Å². The van der Waals surface area contributed by atoms with Crippen LogP contribution in [0.3, 0.4) is 0 Å². The summed E-state index contributed by atoms with van der Waals surface area (Å²) < 4.78 is 8.82. The highest BCUT2D eigenvalue weighted by Crippen LogP contribution is 2.47. The standard InChI is InChI=1S/C44H26OS/c1-2-11-28(12-3-1)41-33-14-6-8-16-35(33)42(36-17-9-7-15-34(36)41)31-20-21-32-38-23-22-37-39(26-45-43(37)44(38)46-40(32)25-31)30-19-18-27-10-4-5-13-29(27)24-30/h1-26H. The molecule has 0 fully saturated rings. The molecule has 0 spiro atoms. The number of furan rings is 1. The zero-order valence-corrected chi connectivity index (χ0v) is 25.6. The molecule has 214 valence electrons. The van der Waals surface area contributed by atoms with Crippen molar-refractivity contribution in [3.05, 3.63) is 158 Å². The van der Waals surface area contributed by atoms with Gasteiger partial charge in [-0.25, -0.2) is 0 Å². The molecule has 2 heteroatoms. The van der Waals surface area contributed by atoms with Crippen LogP contribution >= 0.6 is 11.3 Å². The maximum Gasteiger partial charge on any atom is 0.152 e. The Bertz CT molecular complexity index is 2740. The fraction of sp³-hybridized carbons (Fsp3) is 0. The van der Waals surface area contributed by atoms with Crippen LogP contribution in [-0.4, -0.2) is 0 Å². The Kier molecular flexibility index (Phi) is 5.51. The topological polar surface area (TPSA) is 13.1 Å². The molecule has 1 nitrogen and oxygen atoms in total. The van der Waals surface area contributed by atoms with Gasteiger partial charge in [0.1, 0.15) is 0 Å². The Hall–Kier alpha value is -5.70. The van der Waals surface area contributed by atoms with Crippen molar-refractivity contribution in [2.45, 2.75) is 0 Å². The minimum atomic E-state index is 0.964. The largest absolute Gasteiger partial charge is 0.462 e. The number of fused-ring (bicyclic) bond motifs is 8. The van der Waals surface area contributed by atoms with Crippen LogP contribution in [0.1, 0.15) is 0 Å². The van der Waals surface area contributed by atoms with Crippen LogP contribution in [0.2, 0.25) is 0 Å². The van der Waals surface area contributed by atoms with E-state index in [1.54, 1.807) is 0 Å². The van der Waals surface area contributed by atoms with Gasteiger partial charge in [-0.1, -0.05) is 133 Å². The van der Waals surface area contributed by atoms with Crippen LogP contribution in [0.4, 0.5) is 0 Å². The number of benzene rings is 8. The smallest absolute Gasteiger partial charge is 0.152 e. The molecule has 0 radical (unpaired) electrons. The summed E-state index contributed by atoms with van der Waals surface area (Å²) in [5.41, 5.74) is 8.33. The zero-order valence-electron chi connectivity index (χ0n) is 24.8. The Morgan fingerprint density at radius 1 is 0.391 bits per heavy atom. The van der Waals surface area contributed by atoms with E-state index in [0.29, 0.717) is 0 Å². The van der Waals surface area contributed by atoms with Gasteiger partial charge in [-0.3, -0.25) is 0 Å². The van der Waals surface area contributed by atoms with Crippen molar-refractivity contribution in [2.24, 2.45) is 0 Å². The summed E-state index contributed by atoms with van der Waals surface area (Å²) in [5, 5.41) is 11.2. The summed E-state index contributed by atoms with van der Waals surface area (Å²) in [6, 6.07) is 55.2. The van der Waals surface area contributed by atoms with Crippen LogP contribution in [0.5, 0.6) is 0 Å². The van der Waals surface area contributed by atoms with Gasteiger partial charge in [0.2, 0.25) is 0 Å². The van der Waals surface area contributed by atoms with Gasteiger partial charge in [0, 0.05) is 26.4 Å². The molecule has 0 saturated heterocycles. The van der Waals surface area contributed by atoms with Crippen molar-refractivity contribution in [1.29, 1.82) is 0 Å². The van der Waals surface area contributed by atoms with E-state index >= 15 is 0 Å². The van der Waals surface area contributed by atoms with E-state index in [2.05, 4.69) is 152 Å². The van der Waals surface area contributed by atoms with Gasteiger partial charge in [0.25, 0.3) is 0 Å². The summed E-state index contributed by atoms with van der Waals surface area (Å²) in [5.74, 6) is 0. The molecule has 46 heavy (non-hydrogen) atoms. The third-order valence-corrected chi connectivity index (χ3v) is 10.7. The van der Waals surface area contributed by atoms with Crippen molar-refractivity contribution >= 4 is 74.8 Å². The summed E-state index contributed by atoms with van der Waals surface area (Å²) in [7, 11) is 0. The predicted molar refractivity (Wildman–Crippen MR) is 198 cm³/mol. The SMILES string of the molecule is c1ccc(-c2c3ccccc3c(-c3ccc4c(c3)sc3c4ccc4c(-c5ccc6ccccc6c5)coc43)c3ccccc23)cc1. The Morgan fingerprint density at radius 3 is 1.72 bits per heavy atom. The van der Waals surface area contributed by atoms with Gasteiger partial charge in [0.05, 0.1) is 11.0 Å². The maximum atomic E-state index is 6.35. The summed E-state index contributed by atoms with van der Waals surface area (Å²) in [4.78, 5) is 0. The number of hydrogen-bond donors (Lipinski definition) is 0. The van der Waals surface area contributed by atoms with Crippen LogP contribution < -0.4 is 0 Å². The average molecular weight is 603 g/mol. The molecular formula is C44H26OS. The van der Waals surface area contributed by atoms with Crippen LogP contribution in [-0.2, 0) is 0 Å². The molecular weight excluding hydrogens is 577 g/mol. The molecule has 2 aromatic heterocycles. The molecule has 0 unspecified atom stereocenters. The molecule has 0 saturated carbocycles. The van der Waals surface area contributed by atoms with Crippen LogP contribution in [0, 0.1) is 0 Å². The van der Waals surface area contributed by atoms with E-state index in [1.807, 2.05) is 17.6 Å². The summed E-state index contributed by atoms with van der Waals surface area (Å²) >= 11 is 1.83. The third kappa shape index (κ3) is 3.74. The second-order valence-corrected chi connectivity index (χ2v) is 13.1. The van der Waals surface area contributed by atoms with Crippen molar-refractivity contribution < 1.29 is 4.42 Å². The highest BCUT2D eigenvalue weighted by Gasteiger charge is 2.19. The third-order valence-electron chi connectivity index (χ3n) is 9.52. The van der Waals surface area contributed by atoms with E-state index in [1.165, 1.54) is 80.3 Å². The van der Waals surface area contributed by atoms with Crippen molar-refractivity contribution in [3.63, 3.8) is 0 Å². The summed E-state index contributed by atoms with van der Waals surface area (Å²) in [6.45, 7) is 0. The van der Waals surface area contributed by atoms with Crippen molar-refractivity contribution in [1.82, 2.24) is 0 Å². The van der Waals surface area contributed by atoms with E-state index in [-0.39, 0.29) is 0 Å². The predicted octanol–water partition coefficient (Wildman–Crippen LogP) is 13.3. The van der Waals surface area contributed by atoms with E-state index in [9.17, 15) is 0 Å². The number of thiophene rings is 1. The van der Waals surface area contributed by atoms with Gasteiger partial charge in [0.15, 0.2) is 5.58 Å². The molecule has 0 aliphatic rings. The second-order valence-electron chi connectivity index (χ2n) is 12.1. The molecule has 0 N–H and O–H groups in total. The molecule has 0 atom stereocenters. The van der Waals surface area contributed by atoms with E-state index in [4.69, 9.17) is 4.42 Å². The first-order chi connectivity index (χ1) is 22.8. The van der Waals surface area contributed by atoms with Gasteiger partial charge in [-0.05, 0) is 78.3 Å². The lowest BCUT2D eigenvalue weighted by Gasteiger charge is -2.17. The first kappa shape index (κ1) is 25.6. The minimum Gasteiger partial charge on any atom is -0.462 e.